The number of halogens is 1. The standard InChI is InChI=1S/C15H12ClNO2/c16-13-8-6-11(7-9-13)10-17-14(15(18)19)12-4-2-1-3-5-12/h1-10,14H,(H,18,19)/t14-/m0/s1. The maximum absolute atomic E-state index is 11.2. The van der Waals surface area contributed by atoms with E-state index >= 15 is 0 Å². The average Bonchev–Trinajstić information content (AvgIpc) is 2.42. The largest absolute Gasteiger partial charge is 0.479 e. The van der Waals surface area contributed by atoms with Crippen LogP contribution in [-0.2, 0) is 4.79 Å². The van der Waals surface area contributed by atoms with Crippen LogP contribution >= 0.6 is 11.6 Å². The Balaban J connectivity index is 2.22. The van der Waals surface area contributed by atoms with E-state index in [0.29, 0.717) is 10.6 Å². The molecule has 0 saturated carbocycles. The number of carboxylic acid groups (broad SMARTS) is 1. The molecule has 2 aromatic carbocycles. The van der Waals surface area contributed by atoms with Crippen LogP contribution in [0, 0.1) is 0 Å². The summed E-state index contributed by atoms with van der Waals surface area (Å²) in [5.74, 6) is -0.976. The van der Waals surface area contributed by atoms with Crippen LogP contribution in [-0.4, -0.2) is 17.3 Å². The first-order valence-corrected chi connectivity index (χ1v) is 6.11. The first-order valence-electron chi connectivity index (χ1n) is 5.73. The molecule has 0 fully saturated rings. The van der Waals surface area contributed by atoms with Crippen molar-refractivity contribution in [1.29, 1.82) is 0 Å². The summed E-state index contributed by atoms with van der Waals surface area (Å²) in [6.07, 6.45) is 1.54. The molecule has 1 N–H and O–H groups in total. The van der Waals surface area contributed by atoms with Gasteiger partial charge < -0.3 is 5.11 Å². The molecule has 1 atom stereocenters. The Bertz CT molecular complexity index is 579. The highest BCUT2D eigenvalue weighted by molar-refractivity contribution is 6.30. The van der Waals surface area contributed by atoms with Crippen molar-refractivity contribution >= 4 is 23.8 Å². The molecule has 0 aliphatic rings. The van der Waals surface area contributed by atoms with Crippen molar-refractivity contribution in [3.8, 4) is 0 Å². The molecule has 0 bridgehead atoms. The van der Waals surface area contributed by atoms with Crippen LogP contribution in [0.2, 0.25) is 5.02 Å². The van der Waals surface area contributed by atoms with E-state index in [9.17, 15) is 9.90 Å². The Morgan fingerprint density at radius 3 is 2.32 bits per heavy atom. The van der Waals surface area contributed by atoms with Gasteiger partial charge in [-0.3, -0.25) is 4.99 Å². The van der Waals surface area contributed by atoms with Gasteiger partial charge in [0, 0.05) is 11.2 Å². The molecule has 96 valence electrons. The van der Waals surface area contributed by atoms with Crippen molar-refractivity contribution in [2.75, 3.05) is 0 Å². The molecular weight excluding hydrogens is 262 g/mol. The molecule has 0 aliphatic carbocycles. The van der Waals surface area contributed by atoms with Gasteiger partial charge in [-0.2, -0.15) is 0 Å². The summed E-state index contributed by atoms with van der Waals surface area (Å²) in [5.41, 5.74) is 1.46. The van der Waals surface area contributed by atoms with Gasteiger partial charge in [-0.25, -0.2) is 4.79 Å². The lowest BCUT2D eigenvalue weighted by Gasteiger charge is -2.07. The van der Waals surface area contributed by atoms with Gasteiger partial charge in [0.15, 0.2) is 6.04 Å². The predicted molar refractivity (Wildman–Crippen MR) is 75.9 cm³/mol. The SMILES string of the molecule is O=C(O)[C@@H](N=Cc1ccc(Cl)cc1)c1ccccc1. The third kappa shape index (κ3) is 3.66. The Labute approximate surface area is 116 Å². The molecule has 0 saturated heterocycles. The van der Waals surface area contributed by atoms with Crippen molar-refractivity contribution in [1.82, 2.24) is 0 Å². The third-order valence-corrected chi connectivity index (χ3v) is 2.84. The maximum atomic E-state index is 11.2. The monoisotopic (exact) mass is 273 g/mol. The van der Waals surface area contributed by atoms with Crippen molar-refractivity contribution in [3.63, 3.8) is 0 Å². The van der Waals surface area contributed by atoms with Crippen molar-refractivity contribution in [2.24, 2.45) is 4.99 Å². The van der Waals surface area contributed by atoms with Gasteiger partial charge in [-0.05, 0) is 23.3 Å². The number of benzene rings is 2. The number of aliphatic imine (C=N–C) groups is 1. The number of aliphatic carboxylic acids is 1. The number of hydrogen-bond acceptors (Lipinski definition) is 2. The maximum Gasteiger partial charge on any atom is 0.333 e. The second-order valence-electron chi connectivity index (χ2n) is 3.98. The molecule has 0 aliphatic heterocycles. The van der Waals surface area contributed by atoms with E-state index in [2.05, 4.69) is 4.99 Å². The zero-order valence-corrected chi connectivity index (χ0v) is 10.8. The molecule has 2 rings (SSSR count). The second kappa shape index (κ2) is 6.16. The molecule has 0 unspecified atom stereocenters. The fourth-order valence-electron chi connectivity index (χ4n) is 1.64. The summed E-state index contributed by atoms with van der Waals surface area (Å²) in [4.78, 5) is 15.4. The highest BCUT2D eigenvalue weighted by atomic mass is 35.5. The summed E-state index contributed by atoms with van der Waals surface area (Å²) >= 11 is 5.78. The number of rotatable bonds is 4. The number of carboxylic acids is 1. The lowest BCUT2D eigenvalue weighted by molar-refractivity contribution is -0.138. The Morgan fingerprint density at radius 1 is 1.11 bits per heavy atom. The van der Waals surface area contributed by atoms with E-state index in [1.54, 1.807) is 54.7 Å². The molecule has 19 heavy (non-hydrogen) atoms. The third-order valence-electron chi connectivity index (χ3n) is 2.59. The lowest BCUT2D eigenvalue weighted by atomic mass is 10.1. The van der Waals surface area contributed by atoms with E-state index in [-0.39, 0.29) is 0 Å². The van der Waals surface area contributed by atoms with E-state index in [4.69, 9.17) is 11.6 Å². The minimum atomic E-state index is -0.976. The number of nitrogens with zero attached hydrogens (tertiary/aromatic N) is 1. The van der Waals surface area contributed by atoms with Gasteiger partial charge in [0.1, 0.15) is 0 Å². The van der Waals surface area contributed by atoms with E-state index < -0.39 is 12.0 Å². The average molecular weight is 274 g/mol. The molecule has 3 nitrogen and oxygen atoms in total. The summed E-state index contributed by atoms with van der Waals surface area (Å²) < 4.78 is 0. The number of carbonyl (C=O) groups is 1. The molecule has 2 aromatic rings. The molecule has 0 radical (unpaired) electrons. The van der Waals surface area contributed by atoms with Crippen LogP contribution in [0.15, 0.2) is 59.6 Å². The first-order chi connectivity index (χ1) is 9.16. The van der Waals surface area contributed by atoms with Crippen LogP contribution < -0.4 is 0 Å². The Hall–Kier alpha value is -2.13. The minimum absolute atomic E-state index is 0.634. The van der Waals surface area contributed by atoms with Crippen LogP contribution in [0.4, 0.5) is 0 Å². The molecule has 0 spiro atoms. The lowest BCUT2D eigenvalue weighted by Crippen LogP contribution is -2.09. The van der Waals surface area contributed by atoms with Gasteiger partial charge in [0.05, 0.1) is 0 Å². The van der Waals surface area contributed by atoms with Crippen LogP contribution in [0.3, 0.4) is 0 Å². The van der Waals surface area contributed by atoms with E-state index in [0.717, 1.165) is 5.56 Å². The van der Waals surface area contributed by atoms with Crippen LogP contribution in [0.5, 0.6) is 0 Å². The van der Waals surface area contributed by atoms with Crippen molar-refractivity contribution in [2.45, 2.75) is 6.04 Å². The summed E-state index contributed by atoms with van der Waals surface area (Å²) in [6, 6.07) is 15.1. The van der Waals surface area contributed by atoms with Gasteiger partial charge in [-0.15, -0.1) is 0 Å². The quantitative estimate of drug-likeness (QED) is 0.866. The molecule has 0 amide bonds. The second-order valence-corrected chi connectivity index (χ2v) is 4.42. The topological polar surface area (TPSA) is 49.7 Å². The first kappa shape index (κ1) is 13.3. The molecular formula is C15H12ClNO2. The van der Waals surface area contributed by atoms with Crippen LogP contribution in [0.25, 0.3) is 0 Å². The molecule has 4 heteroatoms. The zero-order valence-electron chi connectivity index (χ0n) is 10.0. The minimum Gasteiger partial charge on any atom is -0.479 e. The van der Waals surface area contributed by atoms with Crippen molar-refractivity contribution in [3.05, 3.63) is 70.7 Å². The van der Waals surface area contributed by atoms with E-state index in [1.165, 1.54) is 0 Å². The fourth-order valence-corrected chi connectivity index (χ4v) is 1.76. The predicted octanol–water partition coefficient (Wildman–Crippen LogP) is 3.58. The fraction of sp³-hybridized carbons (Fsp3) is 0.0667. The highest BCUT2D eigenvalue weighted by Gasteiger charge is 2.17. The molecule has 0 heterocycles. The number of hydrogen-bond donors (Lipinski definition) is 1. The van der Waals surface area contributed by atoms with Crippen molar-refractivity contribution < 1.29 is 9.90 Å². The summed E-state index contributed by atoms with van der Waals surface area (Å²) in [7, 11) is 0. The Morgan fingerprint density at radius 2 is 1.74 bits per heavy atom. The van der Waals surface area contributed by atoms with Crippen LogP contribution in [0.1, 0.15) is 17.2 Å². The summed E-state index contributed by atoms with van der Waals surface area (Å²) in [5, 5.41) is 9.85. The summed E-state index contributed by atoms with van der Waals surface area (Å²) in [6.45, 7) is 0. The zero-order chi connectivity index (χ0) is 13.7. The van der Waals surface area contributed by atoms with Gasteiger partial charge in [-0.1, -0.05) is 54.1 Å². The van der Waals surface area contributed by atoms with Gasteiger partial charge in [0.2, 0.25) is 0 Å². The normalized spacial score (nSPS) is 12.5. The van der Waals surface area contributed by atoms with Gasteiger partial charge in [0.25, 0.3) is 0 Å². The Kier molecular flexibility index (Phi) is 4.31. The smallest absolute Gasteiger partial charge is 0.333 e. The molecule has 0 aromatic heterocycles. The van der Waals surface area contributed by atoms with E-state index in [1.807, 2.05) is 6.07 Å². The highest BCUT2D eigenvalue weighted by Crippen LogP contribution is 2.17. The van der Waals surface area contributed by atoms with Gasteiger partial charge >= 0.3 is 5.97 Å².